The van der Waals surface area contributed by atoms with Crippen molar-refractivity contribution < 1.29 is 6.90 Å². The number of nitrogens with zero attached hydrogens (tertiary/aromatic N) is 1. The summed E-state index contributed by atoms with van der Waals surface area (Å²) in [4.78, 5) is 2.74. The summed E-state index contributed by atoms with van der Waals surface area (Å²) in [6.45, 7) is 15.2. The van der Waals surface area contributed by atoms with Gasteiger partial charge < -0.3 is 15.7 Å². The fourth-order valence-corrected chi connectivity index (χ4v) is 3.61. The molecule has 0 radical (unpaired) electrons. The van der Waals surface area contributed by atoms with Gasteiger partial charge in [-0.1, -0.05) is 57.5 Å². The molecule has 2 aliphatic rings. The summed E-state index contributed by atoms with van der Waals surface area (Å²) in [6.07, 6.45) is 5.37. The Balaban J connectivity index is 0. The molecule has 2 aliphatic heterocycles. The summed E-state index contributed by atoms with van der Waals surface area (Å²) < 4.78 is 0. The Morgan fingerprint density at radius 1 is 0.875 bits per heavy atom. The second kappa shape index (κ2) is 13.4. The van der Waals surface area contributed by atoms with Crippen LogP contribution in [-0.2, 0) is 0 Å². The molecule has 0 unspecified atom stereocenters. The van der Waals surface area contributed by atoms with Gasteiger partial charge in [-0.05, 0) is 70.3 Å². The molecule has 24 heavy (non-hydrogen) atoms. The van der Waals surface area contributed by atoms with E-state index in [-0.39, 0.29) is 6.90 Å². The van der Waals surface area contributed by atoms with E-state index in [9.17, 15) is 0 Å². The first kappa shape index (κ1) is 23.1. The zero-order valence-electron chi connectivity index (χ0n) is 16.6. The molecule has 3 nitrogen and oxygen atoms in total. The summed E-state index contributed by atoms with van der Waals surface area (Å²) in [6, 6.07) is 10.0. The lowest BCUT2D eigenvalue weighted by Crippen LogP contribution is -2.46. The van der Waals surface area contributed by atoms with E-state index in [0.29, 0.717) is 0 Å². The lowest BCUT2D eigenvalue weighted by atomic mass is 9.88. The molecule has 1 aromatic rings. The maximum atomic E-state index is 3.47. The van der Waals surface area contributed by atoms with Crippen LogP contribution in [0, 0.1) is 6.92 Å². The fourth-order valence-electron chi connectivity index (χ4n) is 3.61. The summed E-state index contributed by atoms with van der Waals surface area (Å²) in [5, 5.41) is 3.47. The highest BCUT2D eigenvalue weighted by Crippen LogP contribution is 2.30. The van der Waals surface area contributed by atoms with Gasteiger partial charge in [0.2, 0.25) is 0 Å². The van der Waals surface area contributed by atoms with Gasteiger partial charge in [0.1, 0.15) is 0 Å². The smallest absolute Gasteiger partial charge is 0.0119 e. The predicted octanol–water partition coefficient (Wildman–Crippen LogP) is 4.40. The Morgan fingerprint density at radius 3 is 1.88 bits per heavy atom. The molecule has 0 spiro atoms. The van der Waals surface area contributed by atoms with Crippen LogP contribution in [0.4, 0.5) is 0 Å². The number of benzene rings is 1. The third-order valence-corrected chi connectivity index (χ3v) is 4.90. The zero-order chi connectivity index (χ0) is 17.1. The van der Waals surface area contributed by atoms with Crippen molar-refractivity contribution in [2.75, 3.05) is 26.2 Å². The lowest BCUT2D eigenvalue weighted by molar-refractivity contribution is 0.127. The highest BCUT2D eigenvalue weighted by molar-refractivity contribution is 5.24. The Labute approximate surface area is 151 Å². The highest BCUT2D eigenvalue weighted by atomic mass is 16.0. The summed E-state index contributed by atoms with van der Waals surface area (Å²) in [5.74, 6) is 0.790. The van der Waals surface area contributed by atoms with E-state index >= 15 is 0 Å². The van der Waals surface area contributed by atoms with Crippen molar-refractivity contribution in [1.82, 2.24) is 10.2 Å². The molecule has 2 fully saturated rings. The molecule has 0 amide bonds. The SMILES string of the molecule is CC.CC.Cc1ccc(C2CCN(C3CCNCC3)CC2)cc1.O.[HH]. The van der Waals surface area contributed by atoms with E-state index in [1.807, 2.05) is 27.7 Å². The average Bonchev–Trinajstić information content (AvgIpc) is 2.67. The van der Waals surface area contributed by atoms with Gasteiger partial charge >= 0.3 is 0 Å². The summed E-state index contributed by atoms with van der Waals surface area (Å²) in [5.41, 5.74) is 2.92. The number of likely N-dealkylation sites (tertiary alicyclic amines) is 1. The third kappa shape index (κ3) is 6.92. The maximum Gasteiger partial charge on any atom is 0.0119 e. The van der Waals surface area contributed by atoms with E-state index in [4.69, 9.17) is 0 Å². The highest BCUT2D eigenvalue weighted by Gasteiger charge is 2.26. The van der Waals surface area contributed by atoms with Crippen molar-refractivity contribution >= 4 is 0 Å². The van der Waals surface area contributed by atoms with Gasteiger partial charge in [-0.25, -0.2) is 0 Å². The number of rotatable bonds is 2. The van der Waals surface area contributed by atoms with Crippen LogP contribution < -0.4 is 5.32 Å². The minimum atomic E-state index is 0. The van der Waals surface area contributed by atoms with Crippen molar-refractivity contribution in [2.24, 2.45) is 0 Å². The zero-order valence-corrected chi connectivity index (χ0v) is 16.6. The number of piperidine rings is 2. The lowest BCUT2D eigenvalue weighted by Gasteiger charge is -2.39. The van der Waals surface area contributed by atoms with Crippen molar-refractivity contribution in [2.45, 2.75) is 72.3 Å². The quantitative estimate of drug-likeness (QED) is 0.868. The van der Waals surface area contributed by atoms with Crippen LogP contribution in [0.2, 0.25) is 0 Å². The largest absolute Gasteiger partial charge is 0.412 e. The van der Waals surface area contributed by atoms with E-state index in [0.717, 1.165) is 12.0 Å². The molecule has 142 valence electrons. The molecule has 0 bridgehead atoms. The van der Waals surface area contributed by atoms with Crippen LogP contribution in [0.1, 0.15) is 71.8 Å². The molecule has 2 saturated heterocycles. The Morgan fingerprint density at radius 2 is 1.38 bits per heavy atom. The van der Waals surface area contributed by atoms with Crippen molar-refractivity contribution in [1.29, 1.82) is 0 Å². The van der Waals surface area contributed by atoms with Gasteiger partial charge in [0.05, 0.1) is 0 Å². The summed E-state index contributed by atoms with van der Waals surface area (Å²) >= 11 is 0. The first-order chi connectivity index (χ1) is 11.3. The Bertz CT molecular complexity index is 397. The van der Waals surface area contributed by atoms with E-state index < -0.39 is 0 Å². The van der Waals surface area contributed by atoms with Crippen LogP contribution in [-0.4, -0.2) is 42.6 Å². The Kier molecular flexibility index (Phi) is 12.9. The van der Waals surface area contributed by atoms with Crippen molar-refractivity contribution in [3.8, 4) is 0 Å². The Hall–Kier alpha value is -0.900. The van der Waals surface area contributed by atoms with Gasteiger partial charge in [-0.2, -0.15) is 0 Å². The van der Waals surface area contributed by atoms with Crippen LogP contribution in [0.15, 0.2) is 24.3 Å². The monoisotopic (exact) mass is 338 g/mol. The average molecular weight is 339 g/mol. The normalized spacial score (nSPS) is 19.2. The molecule has 3 rings (SSSR count). The molecule has 1 aromatic carbocycles. The van der Waals surface area contributed by atoms with Gasteiger partial charge in [-0.3, -0.25) is 0 Å². The minimum absolute atomic E-state index is 0. The standard InChI is InChI=1S/C17H26N2.2C2H6.H2O.H2/c1-14-2-4-15(5-3-14)16-8-12-19(13-9-16)17-6-10-18-11-7-17;2*1-2;;/h2-5,16-18H,6-13H2,1H3;2*1-2H3;1H2;1H. The van der Waals surface area contributed by atoms with Gasteiger partial charge in [0.25, 0.3) is 0 Å². The second-order valence-corrected chi connectivity index (χ2v) is 6.20. The van der Waals surface area contributed by atoms with E-state index in [1.54, 1.807) is 5.56 Å². The van der Waals surface area contributed by atoms with E-state index in [1.165, 1.54) is 57.4 Å². The molecule has 0 saturated carbocycles. The van der Waals surface area contributed by atoms with Gasteiger partial charge in [-0.15, -0.1) is 0 Å². The molecule has 3 heteroatoms. The molecule has 0 atom stereocenters. The second-order valence-electron chi connectivity index (χ2n) is 6.20. The van der Waals surface area contributed by atoms with Crippen LogP contribution >= 0.6 is 0 Å². The fraction of sp³-hybridized carbons (Fsp3) is 0.714. The van der Waals surface area contributed by atoms with Crippen LogP contribution in [0.5, 0.6) is 0 Å². The number of nitrogens with one attached hydrogen (secondary N) is 1. The van der Waals surface area contributed by atoms with E-state index in [2.05, 4.69) is 41.4 Å². The molecule has 0 aliphatic carbocycles. The van der Waals surface area contributed by atoms with Gasteiger partial charge in [0, 0.05) is 7.47 Å². The molecule has 2 heterocycles. The summed E-state index contributed by atoms with van der Waals surface area (Å²) in [7, 11) is 0. The number of hydrogen-bond acceptors (Lipinski definition) is 2. The predicted molar refractivity (Wildman–Crippen MR) is 109 cm³/mol. The van der Waals surface area contributed by atoms with Gasteiger partial charge in [0.15, 0.2) is 0 Å². The molecular weight excluding hydrogens is 296 g/mol. The van der Waals surface area contributed by atoms with Crippen LogP contribution in [0.3, 0.4) is 0 Å². The number of aryl methyl sites for hydroxylation is 1. The minimum Gasteiger partial charge on any atom is -0.412 e. The molecule has 0 aromatic heterocycles. The maximum absolute atomic E-state index is 3.47. The first-order valence-corrected chi connectivity index (χ1v) is 9.84. The van der Waals surface area contributed by atoms with Crippen LogP contribution in [0.25, 0.3) is 0 Å². The van der Waals surface area contributed by atoms with Crippen molar-refractivity contribution in [3.05, 3.63) is 35.4 Å². The first-order valence-electron chi connectivity index (χ1n) is 9.84. The topological polar surface area (TPSA) is 46.8 Å². The molecular formula is C21H42N2O. The third-order valence-electron chi connectivity index (χ3n) is 4.90. The van der Waals surface area contributed by atoms with Crippen molar-refractivity contribution in [3.63, 3.8) is 0 Å². The molecule has 3 N–H and O–H groups in total. The number of hydrogen-bond donors (Lipinski definition) is 1.